The van der Waals surface area contributed by atoms with Crippen molar-refractivity contribution < 1.29 is 11.0 Å². The zero-order chi connectivity index (χ0) is 6.83. The Bertz CT molecular complexity index is 20.1. The van der Waals surface area contributed by atoms with Crippen molar-refractivity contribution >= 4 is 23.9 Å². The van der Waals surface area contributed by atoms with Gasteiger partial charge in [-0.1, -0.05) is 53.4 Å². The van der Waals surface area contributed by atoms with Crippen LogP contribution in [0.3, 0.4) is 0 Å². The van der Waals surface area contributed by atoms with Gasteiger partial charge in [0.2, 0.25) is 0 Å². The summed E-state index contributed by atoms with van der Waals surface area (Å²) in [5.74, 6) is 0. The van der Waals surface area contributed by atoms with Crippen LogP contribution in [0.5, 0.6) is 0 Å². The Morgan fingerprint density at radius 1 is 0.545 bits per heavy atom. The van der Waals surface area contributed by atoms with E-state index in [2.05, 4.69) is 27.7 Å². The molecule has 0 aromatic carbocycles. The molecule has 0 atom stereocenters. The van der Waals surface area contributed by atoms with Crippen molar-refractivity contribution in [1.82, 2.24) is 0 Å². The third-order valence-corrected chi connectivity index (χ3v) is 1.000. The van der Waals surface area contributed by atoms with Crippen molar-refractivity contribution in [2.45, 2.75) is 53.4 Å². The predicted octanol–water partition coefficient (Wildman–Crippen LogP) is 1.58. The summed E-state index contributed by atoms with van der Waals surface area (Å²) in [7, 11) is 0. The van der Waals surface area contributed by atoms with E-state index < -0.39 is 0 Å². The third-order valence-electron chi connectivity index (χ3n) is 1.000. The largest absolute Gasteiger partial charge is 0.412 e. The van der Waals surface area contributed by atoms with Crippen LogP contribution in [0.15, 0.2) is 0 Å². The minimum Gasteiger partial charge on any atom is -0.412 e. The minimum atomic E-state index is 0. The number of unbranched alkanes of at least 4 members (excludes halogenated alkanes) is 2. The van der Waals surface area contributed by atoms with Crippen LogP contribution in [0.1, 0.15) is 53.4 Å². The first kappa shape index (κ1) is 29.8. The van der Waals surface area contributed by atoms with Crippen molar-refractivity contribution in [1.29, 1.82) is 0 Å². The van der Waals surface area contributed by atoms with E-state index in [9.17, 15) is 0 Å². The minimum absolute atomic E-state index is 0. The van der Waals surface area contributed by atoms with Crippen LogP contribution in [0.25, 0.3) is 0 Å². The third kappa shape index (κ3) is 110. The SMILES string of the molecule is CCCC.CCCC.O.O.[Sn]. The van der Waals surface area contributed by atoms with Gasteiger partial charge in [0.05, 0.1) is 0 Å². The van der Waals surface area contributed by atoms with Crippen LogP contribution in [-0.2, 0) is 0 Å². The molecule has 0 bridgehead atoms. The van der Waals surface area contributed by atoms with E-state index in [1.807, 2.05) is 0 Å². The van der Waals surface area contributed by atoms with Gasteiger partial charge in [0, 0.05) is 23.9 Å². The zero-order valence-electron chi connectivity index (χ0n) is 8.33. The van der Waals surface area contributed by atoms with Gasteiger partial charge in [-0.25, -0.2) is 0 Å². The monoisotopic (exact) mass is 272 g/mol. The molecule has 0 fully saturated rings. The van der Waals surface area contributed by atoms with Crippen LogP contribution in [0, 0.1) is 0 Å². The van der Waals surface area contributed by atoms with Crippen molar-refractivity contribution in [3.63, 3.8) is 0 Å². The fourth-order valence-corrected chi connectivity index (χ4v) is 0. The van der Waals surface area contributed by atoms with Gasteiger partial charge in [-0.2, -0.15) is 0 Å². The van der Waals surface area contributed by atoms with Crippen LogP contribution >= 0.6 is 0 Å². The maximum Gasteiger partial charge on any atom is 0 e. The van der Waals surface area contributed by atoms with Crippen molar-refractivity contribution in [3.8, 4) is 0 Å². The van der Waals surface area contributed by atoms with Gasteiger partial charge in [-0.15, -0.1) is 0 Å². The maximum atomic E-state index is 2.18. The molecule has 0 spiro atoms. The van der Waals surface area contributed by atoms with E-state index in [1.54, 1.807) is 0 Å². The summed E-state index contributed by atoms with van der Waals surface area (Å²) in [5, 5.41) is 0. The van der Waals surface area contributed by atoms with Gasteiger partial charge < -0.3 is 11.0 Å². The molecule has 72 valence electrons. The fourth-order valence-electron chi connectivity index (χ4n) is 0. The average Bonchev–Trinajstić information content (AvgIpc) is 1.88. The molecule has 2 nitrogen and oxygen atoms in total. The van der Waals surface area contributed by atoms with Gasteiger partial charge in [-0.3, -0.25) is 0 Å². The first-order valence-corrected chi connectivity index (χ1v) is 3.83. The van der Waals surface area contributed by atoms with Crippen molar-refractivity contribution in [2.75, 3.05) is 0 Å². The normalized spacial score (nSPS) is 5.45. The summed E-state index contributed by atoms with van der Waals surface area (Å²) in [6.07, 6.45) is 5.28. The van der Waals surface area contributed by atoms with Gasteiger partial charge in [-0.05, 0) is 0 Å². The van der Waals surface area contributed by atoms with Crippen LogP contribution < -0.4 is 0 Å². The predicted molar refractivity (Wildman–Crippen MR) is 54.1 cm³/mol. The summed E-state index contributed by atoms with van der Waals surface area (Å²) < 4.78 is 0. The quantitative estimate of drug-likeness (QED) is 0.684. The molecule has 0 saturated heterocycles. The second kappa shape index (κ2) is 45.5. The average molecular weight is 271 g/mol. The fraction of sp³-hybridized carbons (Fsp3) is 1.00. The molecule has 0 rings (SSSR count). The van der Waals surface area contributed by atoms with Crippen molar-refractivity contribution in [2.24, 2.45) is 0 Å². The maximum absolute atomic E-state index is 2.18. The molecule has 11 heavy (non-hydrogen) atoms. The van der Waals surface area contributed by atoms with Crippen LogP contribution in [0.4, 0.5) is 0 Å². The Balaban J connectivity index is -0.0000000171. The van der Waals surface area contributed by atoms with E-state index in [4.69, 9.17) is 0 Å². The first-order chi connectivity index (χ1) is 3.83. The molecule has 0 aliphatic heterocycles. The van der Waals surface area contributed by atoms with Gasteiger partial charge in [0.15, 0.2) is 0 Å². The molecule has 3 heteroatoms. The van der Waals surface area contributed by atoms with E-state index in [-0.39, 0.29) is 34.9 Å². The number of hydrogen-bond acceptors (Lipinski definition) is 0. The smallest absolute Gasteiger partial charge is 0 e. The molecule has 4 radical (unpaired) electrons. The van der Waals surface area contributed by atoms with E-state index in [0.29, 0.717) is 0 Å². The van der Waals surface area contributed by atoms with E-state index >= 15 is 0 Å². The van der Waals surface area contributed by atoms with Gasteiger partial charge in [0.25, 0.3) is 0 Å². The summed E-state index contributed by atoms with van der Waals surface area (Å²) in [4.78, 5) is 0. The Hall–Kier alpha value is 0.719. The van der Waals surface area contributed by atoms with E-state index in [1.165, 1.54) is 25.7 Å². The summed E-state index contributed by atoms with van der Waals surface area (Å²) in [5.41, 5.74) is 0. The summed E-state index contributed by atoms with van der Waals surface area (Å²) in [6.45, 7) is 8.72. The molecule has 0 aliphatic carbocycles. The summed E-state index contributed by atoms with van der Waals surface area (Å²) in [6, 6.07) is 0. The molecule has 4 N–H and O–H groups in total. The Kier molecular flexibility index (Phi) is 123. The molecule has 0 amide bonds. The van der Waals surface area contributed by atoms with Crippen LogP contribution in [-0.4, -0.2) is 34.9 Å². The molecular formula is C8H24O2Sn. The molecule has 0 saturated carbocycles. The summed E-state index contributed by atoms with van der Waals surface area (Å²) >= 11 is 0. The zero-order valence-corrected chi connectivity index (χ0v) is 11.2. The van der Waals surface area contributed by atoms with Crippen LogP contribution in [0.2, 0.25) is 0 Å². The molecule has 0 aliphatic rings. The Morgan fingerprint density at radius 3 is 0.636 bits per heavy atom. The molecule has 0 unspecified atom stereocenters. The van der Waals surface area contributed by atoms with E-state index in [0.717, 1.165) is 0 Å². The standard InChI is InChI=1S/2C4H10.2H2O.Sn/c2*1-3-4-2;;;/h2*3-4H2,1-2H3;2*1H2;. The molecule has 0 heterocycles. The van der Waals surface area contributed by atoms with Gasteiger partial charge in [0.1, 0.15) is 0 Å². The number of rotatable bonds is 2. The topological polar surface area (TPSA) is 63.0 Å². The second-order valence-electron chi connectivity index (χ2n) is 2.00. The Labute approximate surface area is 88.3 Å². The molecule has 0 aromatic heterocycles. The Morgan fingerprint density at radius 2 is 0.636 bits per heavy atom. The van der Waals surface area contributed by atoms with Gasteiger partial charge >= 0.3 is 0 Å². The first-order valence-electron chi connectivity index (χ1n) is 3.83. The molecular weight excluding hydrogens is 247 g/mol. The van der Waals surface area contributed by atoms with Crippen molar-refractivity contribution in [3.05, 3.63) is 0 Å². The molecule has 0 aromatic rings. The number of hydrogen-bond donors (Lipinski definition) is 0. The second-order valence-corrected chi connectivity index (χ2v) is 2.00.